The zero-order valence-corrected chi connectivity index (χ0v) is 15.0. The third-order valence-corrected chi connectivity index (χ3v) is 3.98. The number of halogens is 1. The molecule has 0 saturated heterocycles. The van der Waals surface area contributed by atoms with E-state index in [1.807, 2.05) is 42.5 Å². The van der Waals surface area contributed by atoms with Crippen LogP contribution in [0.4, 0.5) is 5.69 Å². The van der Waals surface area contributed by atoms with Gasteiger partial charge < -0.3 is 14.8 Å². The Bertz CT molecular complexity index is 911. The molecule has 1 N–H and O–H groups in total. The third-order valence-electron chi connectivity index (χ3n) is 3.75. The van der Waals surface area contributed by atoms with Crippen molar-refractivity contribution in [3.05, 3.63) is 88.9 Å². The van der Waals surface area contributed by atoms with Crippen LogP contribution >= 0.6 is 11.6 Å². The number of nitrogens with one attached hydrogen (secondary N) is 1. The predicted molar refractivity (Wildman–Crippen MR) is 103 cm³/mol. The number of hydrogen-bond acceptors (Lipinski definition) is 3. The maximum Gasteiger partial charge on any atom is 0.255 e. The van der Waals surface area contributed by atoms with Crippen LogP contribution in [0, 0.1) is 0 Å². The van der Waals surface area contributed by atoms with Crippen molar-refractivity contribution in [3.63, 3.8) is 0 Å². The number of carbonyl (C=O) groups is 1. The number of methoxy groups -OCH3 is 1. The van der Waals surface area contributed by atoms with Gasteiger partial charge in [-0.1, -0.05) is 41.9 Å². The lowest BCUT2D eigenvalue weighted by atomic mass is 10.2. The van der Waals surface area contributed by atoms with E-state index in [9.17, 15) is 4.79 Å². The molecule has 0 aliphatic heterocycles. The minimum absolute atomic E-state index is 0.234. The van der Waals surface area contributed by atoms with Crippen molar-refractivity contribution >= 4 is 23.2 Å². The van der Waals surface area contributed by atoms with E-state index < -0.39 is 0 Å². The molecule has 132 valence electrons. The fraction of sp³-hybridized carbons (Fsp3) is 0.0952. The van der Waals surface area contributed by atoms with Crippen LogP contribution in [0.5, 0.6) is 11.5 Å². The van der Waals surface area contributed by atoms with Crippen molar-refractivity contribution in [1.82, 2.24) is 0 Å². The van der Waals surface area contributed by atoms with Gasteiger partial charge in [-0.2, -0.15) is 0 Å². The highest BCUT2D eigenvalue weighted by Gasteiger charge is 2.10. The van der Waals surface area contributed by atoms with Crippen LogP contribution in [0.2, 0.25) is 5.02 Å². The second kappa shape index (κ2) is 8.41. The van der Waals surface area contributed by atoms with E-state index in [1.54, 1.807) is 37.4 Å². The first-order valence-corrected chi connectivity index (χ1v) is 8.45. The Balaban J connectivity index is 1.69. The molecule has 3 aromatic rings. The average Bonchev–Trinajstić information content (AvgIpc) is 2.67. The van der Waals surface area contributed by atoms with Crippen molar-refractivity contribution in [2.45, 2.75) is 6.61 Å². The van der Waals surface area contributed by atoms with Gasteiger partial charge in [-0.3, -0.25) is 4.79 Å². The van der Waals surface area contributed by atoms with Gasteiger partial charge in [-0.25, -0.2) is 0 Å². The fourth-order valence-corrected chi connectivity index (χ4v) is 2.68. The molecule has 4 nitrogen and oxygen atoms in total. The molecule has 0 bridgehead atoms. The van der Waals surface area contributed by atoms with Gasteiger partial charge in [0.15, 0.2) is 0 Å². The summed E-state index contributed by atoms with van der Waals surface area (Å²) >= 11 is 5.98. The predicted octanol–water partition coefficient (Wildman–Crippen LogP) is 5.18. The van der Waals surface area contributed by atoms with E-state index >= 15 is 0 Å². The summed E-state index contributed by atoms with van der Waals surface area (Å²) in [4.78, 5) is 12.5. The first-order chi connectivity index (χ1) is 12.7. The lowest BCUT2D eigenvalue weighted by Gasteiger charge is -2.11. The van der Waals surface area contributed by atoms with Crippen molar-refractivity contribution in [3.8, 4) is 11.5 Å². The Hall–Kier alpha value is -2.98. The maximum absolute atomic E-state index is 12.5. The van der Waals surface area contributed by atoms with Gasteiger partial charge in [0.25, 0.3) is 5.91 Å². The SMILES string of the molecule is COc1ccccc1NC(=O)c1cccc(OCc2cccc(Cl)c2)c1. The Kier molecular flexibility index (Phi) is 5.77. The second-order valence-electron chi connectivity index (χ2n) is 5.60. The van der Waals surface area contributed by atoms with Crippen LogP contribution in [-0.2, 0) is 6.61 Å². The number of hydrogen-bond donors (Lipinski definition) is 1. The minimum atomic E-state index is -0.234. The molecule has 26 heavy (non-hydrogen) atoms. The van der Waals surface area contributed by atoms with Crippen molar-refractivity contribution < 1.29 is 14.3 Å². The van der Waals surface area contributed by atoms with Gasteiger partial charge in [-0.15, -0.1) is 0 Å². The number of benzene rings is 3. The van der Waals surface area contributed by atoms with Crippen LogP contribution in [0.25, 0.3) is 0 Å². The van der Waals surface area contributed by atoms with Gasteiger partial charge in [0, 0.05) is 10.6 Å². The number of ether oxygens (including phenoxy) is 2. The number of para-hydroxylation sites is 2. The molecule has 0 fully saturated rings. The van der Waals surface area contributed by atoms with E-state index in [4.69, 9.17) is 21.1 Å². The minimum Gasteiger partial charge on any atom is -0.495 e. The number of anilines is 1. The molecule has 3 aromatic carbocycles. The molecular weight excluding hydrogens is 350 g/mol. The standard InChI is InChI=1S/C21H18ClNO3/c1-25-20-11-3-2-10-19(20)23-21(24)16-7-5-9-18(13-16)26-14-15-6-4-8-17(22)12-15/h2-13H,14H2,1H3,(H,23,24). The summed E-state index contributed by atoms with van der Waals surface area (Å²) in [6.45, 7) is 0.373. The Labute approximate surface area is 157 Å². The molecular formula is C21H18ClNO3. The molecule has 0 atom stereocenters. The summed E-state index contributed by atoms with van der Waals surface area (Å²) in [5, 5.41) is 3.51. The average molecular weight is 368 g/mol. The molecule has 0 aliphatic carbocycles. The topological polar surface area (TPSA) is 47.6 Å². The molecule has 3 rings (SSSR count). The third kappa shape index (κ3) is 4.55. The summed E-state index contributed by atoms with van der Waals surface area (Å²) in [6.07, 6.45) is 0. The van der Waals surface area contributed by atoms with Crippen LogP contribution in [0.15, 0.2) is 72.8 Å². The summed E-state index contributed by atoms with van der Waals surface area (Å²) in [6, 6.07) is 21.8. The molecule has 0 saturated carbocycles. The highest BCUT2D eigenvalue weighted by molar-refractivity contribution is 6.30. The molecule has 1 amide bonds. The maximum atomic E-state index is 12.5. The van der Waals surface area contributed by atoms with E-state index in [0.29, 0.717) is 34.4 Å². The lowest BCUT2D eigenvalue weighted by Crippen LogP contribution is -2.12. The number of carbonyl (C=O) groups excluding carboxylic acids is 1. The lowest BCUT2D eigenvalue weighted by molar-refractivity contribution is 0.102. The Morgan fingerprint density at radius 3 is 2.62 bits per heavy atom. The Morgan fingerprint density at radius 1 is 1.00 bits per heavy atom. The molecule has 5 heteroatoms. The summed E-state index contributed by atoms with van der Waals surface area (Å²) < 4.78 is 11.0. The van der Waals surface area contributed by atoms with Gasteiger partial charge >= 0.3 is 0 Å². The van der Waals surface area contributed by atoms with Crippen LogP contribution in [0.3, 0.4) is 0 Å². The van der Waals surface area contributed by atoms with E-state index in [1.165, 1.54) is 0 Å². The van der Waals surface area contributed by atoms with Crippen molar-refractivity contribution in [2.75, 3.05) is 12.4 Å². The monoisotopic (exact) mass is 367 g/mol. The van der Waals surface area contributed by atoms with Crippen LogP contribution < -0.4 is 14.8 Å². The largest absolute Gasteiger partial charge is 0.495 e. The summed E-state index contributed by atoms with van der Waals surface area (Å²) in [5.74, 6) is 0.981. The summed E-state index contributed by atoms with van der Waals surface area (Å²) in [7, 11) is 1.56. The molecule has 0 aliphatic rings. The van der Waals surface area contributed by atoms with Gasteiger partial charge in [0.2, 0.25) is 0 Å². The van der Waals surface area contributed by atoms with Crippen LogP contribution in [0.1, 0.15) is 15.9 Å². The van der Waals surface area contributed by atoms with Crippen molar-refractivity contribution in [1.29, 1.82) is 0 Å². The summed E-state index contributed by atoms with van der Waals surface area (Å²) in [5.41, 5.74) is 2.08. The molecule has 0 radical (unpaired) electrons. The first kappa shape index (κ1) is 17.8. The Morgan fingerprint density at radius 2 is 1.81 bits per heavy atom. The quantitative estimate of drug-likeness (QED) is 0.653. The second-order valence-corrected chi connectivity index (χ2v) is 6.04. The smallest absolute Gasteiger partial charge is 0.255 e. The zero-order valence-electron chi connectivity index (χ0n) is 14.2. The number of rotatable bonds is 6. The van der Waals surface area contributed by atoms with Gasteiger partial charge in [0.05, 0.1) is 12.8 Å². The highest BCUT2D eigenvalue weighted by Crippen LogP contribution is 2.24. The van der Waals surface area contributed by atoms with E-state index in [0.717, 1.165) is 5.56 Å². The highest BCUT2D eigenvalue weighted by atomic mass is 35.5. The molecule has 0 spiro atoms. The van der Waals surface area contributed by atoms with E-state index in [-0.39, 0.29) is 5.91 Å². The van der Waals surface area contributed by atoms with Gasteiger partial charge in [0.1, 0.15) is 18.1 Å². The molecule has 0 heterocycles. The van der Waals surface area contributed by atoms with Crippen LogP contribution in [-0.4, -0.2) is 13.0 Å². The zero-order chi connectivity index (χ0) is 18.4. The number of amides is 1. The molecule has 0 aromatic heterocycles. The van der Waals surface area contributed by atoms with Gasteiger partial charge in [-0.05, 0) is 48.0 Å². The normalized spacial score (nSPS) is 10.2. The fourth-order valence-electron chi connectivity index (χ4n) is 2.46. The van der Waals surface area contributed by atoms with E-state index in [2.05, 4.69) is 5.32 Å². The molecule has 0 unspecified atom stereocenters. The first-order valence-electron chi connectivity index (χ1n) is 8.07. The van der Waals surface area contributed by atoms with Crippen molar-refractivity contribution in [2.24, 2.45) is 0 Å².